The van der Waals surface area contributed by atoms with E-state index >= 15 is 0 Å². The van der Waals surface area contributed by atoms with Crippen molar-refractivity contribution in [2.45, 2.75) is 19.8 Å². The number of aromatic nitrogens is 2. The first-order valence-electron chi connectivity index (χ1n) is 11.5. The van der Waals surface area contributed by atoms with E-state index in [1.807, 2.05) is 36.4 Å². The molecule has 0 radical (unpaired) electrons. The Labute approximate surface area is 203 Å². The Morgan fingerprint density at radius 1 is 1.11 bits per heavy atom. The Morgan fingerprint density at radius 3 is 2.29 bits per heavy atom. The number of carbonyl (C=O) groups is 3. The first kappa shape index (κ1) is 24.0. The van der Waals surface area contributed by atoms with Crippen LogP contribution in [0.3, 0.4) is 0 Å². The number of ether oxygens (including phenoxy) is 1. The third kappa shape index (κ3) is 4.89. The summed E-state index contributed by atoms with van der Waals surface area (Å²) in [6.45, 7) is 3.88. The molecule has 0 bridgehead atoms. The second kappa shape index (κ2) is 10.0. The van der Waals surface area contributed by atoms with E-state index in [1.54, 1.807) is 20.9 Å². The largest absolute Gasteiger partial charge is 0.481 e. The van der Waals surface area contributed by atoms with Crippen LogP contribution in [-0.4, -0.2) is 57.5 Å². The first-order valence-corrected chi connectivity index (χ1v) is 11.5. The minimum absolute atomic E-state index is 0.0637. The highest BCUT2D eigenvalue weighted by atomic mass is 16.5. The van der Waals surface area contributed by atoms with Crippen LogP contribution < -0.4 is 5.32 Å². The smallest absolute Gasteiger partial charge is 0.412 e. The summed E-state index contributed by atoms with van der Waals surface area (Å²) in [5, 5.41) is 16.0. The van der Waals surface area contributed by atoms with Gasteiger partial charge in [0.25, 0.3) is 5.91 Å². The molecule has 2 aromatic carbocycles. The SMILES string of the molecule is CCN(CC(C)C(=O)O)C(=O)c1cc(NC(=O)OCC2c3ccccc3-c3ccccc32)n(C)n1. The molecule has 0 saturated heterocycles. The number of carboxylic acid groups (broad SMARTS) is 1. The molecule has 9 nitrogen and oxygen atoms in total. The van der Waals surface area contributed by atoms with Crippen LogP contribution in [0.1, 0.15) is 41.4 Å². The number of rotatable bonds is 8. The lowest BCUT2D eigenvalue weighted by atomic mass is 9.98. The number of aliphatic carboxylic acids is 1. The van der Waals surface area contributed by atoms with Crippen molar-refractivity contribution < 1.29 is 24.2 Å². The molecule has 182 valence electrons. The van der Waals surface area contributed by atoms with E-state index in [0.717, 1.165) is 22.3 Å². The van der Waals surface area contributed by atoms with Crippen LogP contribution in [0.25, 0.3) is 11.1 Å². The van der Waals surface area contributed by atoms with Gasteiger partial charge in [0.15, 0.2) is 5.69 Å². The minimum atomic E-state index is -0.977. The molecule has 1 aliphatic carbocycles. The van der Waals surface area contributed by atoms with Crippen molar-refractivity contribution in [1.29, 1.82) is 0 Å². The number of hydrogen-bond donors (Lipinski definition) is 2. The van der Waals surface area contributed by atoms with Gasteiger partial charge in [0.1, 0.15) is 12.4 Å². The van der Waals surface area contributed by atoms with Gasteiger partial charge in [-0.3, -0.25) is 19.6 Å². The summed E-state index contributed by atoms with van der Waals surface area (Å²) in [5.41, 5.74) is 4.63. The molecule has 0 spiro atoms. The Hall–Kier alpha value is -4.14. The molecule has 1 unspecified atom stereocenters. The number of benzene rings is 2. The van der Waals surface area contributed by atoms with Crippen molar-refractivity contribution in [2.75, 3.05) is 25.0 Å². The molecule has 2 amide bonds. The number of amides is 2. The molecule has 35 heavy (non-hydrogen) atoms. The van der Waals surface area contributed by atoms with Crippen LogP contribution in [0.15, 0.2) is 54.6 Å². The maximum absolute atomic E-state index is 12.8. The number of nitrogens with zero attached hydrogens (tertiary/aromatic N) is 3. The minimum Gasteiger partial charge on any atom is -0.481 e. The molecule has 0 fully saturated rings. The van der Waals surface area contributed by atoms with E-state index in [2.05, 4.69) is 22.5 Å². The van der Waals surface area contributed by atoms with Crippen molar-refractivity contribution in [2.24, 2.45) is 13.0 Å². The predicted octanol–water partition coefficient (Wildman–Crippen LogP) is 3.96. The van der Waals surface area contributed by atoms with Gasteiger partial charge in [0.05, 0.1) is 5.92 Å². The highest BCUT2D eigenvalue weighted by Gasteiger charge is 2.29. The van der Waals surface area contributed by atoms with E-state index in [4.69, 9.17) is 9.84 Å². The number of aryl methyl sites for hydroxylation is 1. The van der Waals surface area contributed by atoms with E-state index < -0.39 is 23.9 Å². The van der Waals surface area contributed by atoms with Gasteiger partial charge in [0.2, 0.25) is 0 Å². The van der Waals surface area contributed by atoms with Crippen LogP contribution in [0, 0.1) is 5.92 Å². The lowest BCUT2D eigenvalue weighted by molar-refractivity contribution is -0.141. The molecule has 4 rings (SSSR count). The summed E-state index contributed by atoms with van der Waals surface area (Å²) < 4.78 is 6.94. The number of carboxylic acids is 1. The van der Waals surface area contributed by atoms with E-state index in [-0.39, 0.29) is 24.8 Å². The molecule has 0 aliphatic heterocycles. The average molecular weight is 477 g/mol. The van der Waals surface area contributed by atoms with Crippen LogP contribution in [-0.2, 0) is 16.6 Å². The summed E-state index contributed by atoms with van der Waals surface area (Å²) in [6, 6.07) is 17.6. The van der Waals surface area contributed by atoms with Gasteiger partial charge < -0.3 is 14.7 Å². The summed E-state index contributed by atoms with van der Waals surface area (Å²) in [6.07, 6.45) is -0.652. The fraction of sp³-hybridized carbons (Fsp3) is 0.308. The van der Waals surface area contributed by atoms with Crippen molar-refractivity contribution in [1.82, 2.24) is 14.7 Å². The maximum atomic E-state index is 12.8. The Kier molecular flexibility index (Phi) is 6.86. The fourth-order valence-electron chi connectivity index (χ4n) is 4.35. The summed E-state index contributed by atoms with van der Waals surface area (Å²) in [5.74, 6) is -1.85. The molecule has 3 aromatic rings. The standard InChI is InChI=1S/C26H28N4O5/c1-4-30(14-16(2)25(32)33)24(31)22-13-23(29(3)28-22)27-26(34)35-15-21-19-11-7-5-9-17(19)18-10-6-8-12-20(18)21/h5-13,16,21H,4,14-15H2,1-3H3,(H,27,34)(H,32,33). The average Bonchev–Trinajstić information content (AvgIpc) is 3.38. The normalized spacial score (nSPS) is 13.0. The molecule has 0 saturated carbocycles. The molecular weight excluding hydrogens is 448 g/mol. The molecule has 1 aromatic heterocycles. The second-order valence-corrected chi connectivity index (χ2v) is 8.57. The van der Waals surface area contributed by atoms with E-state index in [0.29, 0.717) is 12.4 Å². The van der Waals surface area contributed by atoms with Gasteiger partial charge in [-0.2, -0.15) is 5.10 Å². The van der Waals surface area contributed by atoms with Gasteiger partial charge in [-0.05, 0) is 29.2 Å². The number of carbonyl (C=O) groups excluding carboxylic acids is 2. The molecule has 1 atom stereocenters. The van der Waals surface area contributed by atoms with Crippen molar-refractivity contribution in [3.63, 3.8) is 0 Å². The highest BCUT2D eigenvalue weighted by molar-refractivity contribution is 5.94. The zero-order chi connectivity index (χ0) is 25.1. The van der Waals surface area contributed by atoms with Gasteiger partial charge in [-0.1, -0.05) is 55.5 Å². The number of anilines is 1. The lowest BCUT2D eigenvalue weighted by Crippen LogP contribution is -2.37. The highest BCUT2D eigenvalue weighted by Crippen LogP contribution is 2.44. The third-order valence-electron chi connectivity index (χ3n) is 6.26. The Morgan fingerprint density at radius 2 is 1.71 bits per heavy atom. The molecule has 1 heterocycles. The van der Waals surface area contributed by atoms with E-state index in [1.165, 1.54) is 15.6 Å². The van der Waals surface area contributed by atoms with Crippen molar-refractivity contribution >= 4 is 23.8 Å². The molecule has 1 aliphatic rings. The van der Waals surface area contributed by atoms with Gasteiger partial charge in [-0.25, -0.2) is 4.79 Å². The van der Waals surface area contributed by atoms with Gasteiger partial charge >= 0.3 is 12.1 Å². The van der Waals surface area contributed by atoms with Crippen LogP contribution in [0.2, 0.25) is 0 Å². The monoisotopic (exact) mass is 476 g/mol. The first-order chi connectivity index (χ1) is 16.8. The number of fused-ring (bicyclic) bond motifs is 3. The van der Waals surface area contributed by atoms with Crippen LogP contribution in [0.5, 0.6) is 0 Å². The fourth-order valence-corrected chi connectivity index (χ4v) is 4.35. The summed E-state index contributed by atoms with van der Waals surface area (Å²) in [7, 11) is 1.60. The second-order valence-electron chi connectivity index (χ2n) is 8.57. The predicted molar refractivity (Wildman–Crippen MR) is 130 cm³/mol. The molecule has 2 N–H and O–H groups in total. The lowest BCUT2D eigenvalue weighted by Gasteiger charge is -2.21. The maximum Gasteiger partial charge on any atom is 0.412 e. The topological polar surface area (TPSA) is 114 Å². The molecular formula is C26H28N4O5. The zero-order valence-corrected chi connectivity index (χ0v) is 19.9. The Balaban J connectivity index is 1.42. The molecule has 9 heteroatoms. The van der Waals surface area contributed by atoms with Gasteiger partial charge in [-0.15, -0.1) is 0 Å². The quantitative estimate of drug-likeness (QED) is 0.509. The third-order valence-corrected chi connectivity index (χ3v) is 6.26. The van der Waals surface area contributed by atoms with Crippen LogP contribution >= 0.6 is 0 Å². The Bertz CT molecular complexity index is 1220. The van der Waals surface area contributed by atoms with Crippen molar-refractivity contribution in [3.8, 4) is 11.1 Å². The van der Waals surface area contributed by atoms with Gasteiger partial charge in [0, 0.05) is 32.1 Å². The zero-order valence-electron chi connectivity index (χ0n) is 19.9. The number of hydrogen-bond acceptors (Lipinski definition) is 5. The van der Waals surface area contributed by atoms with E-state index in [9.17, 15) is 14.4 Å². The van der Waals surface area contributed by atoms with Crippen molar-refractivity contribution in [3.05, 3.63) is 71.4 Å². The summed E-state index contributed by atoms with van der Waals surface area (Å²) in [4.78, 5) is 38.0. The number of nitrogens with one attached hydrogen (secondary N) is 1. The van der Waals surface area contributed by atoms with Crippen LogP contribution in [0.4, 0.5) is 10.6 Å². The summed E-state index contributed by atoms with van der Waals surface area (Å²) >= 11 is 0.